The second-order valence-corrected chi connectivity index (χ2v) is 4.79. The van der Waals surface area contributed by atoms with Crippen LogP contribution in [0.25, 0.3) is 0 Å². The highest BCUT2D eigenvalue weighted by atomic mass is 19.4. The lowest BCUT2D eigenvalue weighted by Gasteiger charge is -2.20. The first-order valence-electron chi connectivity index (χ1n) is 6.46. The molecule has 0 saturated carbocycles. The zero-order chi connectivity index (χ0) is 23.6. The van der Waals surface area contributed by atoms with Crippen LogP contribution < -0.4 is 0 Å². The molecule has 1 aromatic carbocycles. The molecule has 0 saturated heterocycles. The minimum Gasteiger partial charge on any atom is -0.464 e. The van der Waals surface area contributed by atoms with Crippen LogP contribution in [0.1, 0.15) is 16.7 Å². The Hall–Kier alpha value is -2.29. The molecule has 1 aromatic rings. The molecule has 0 unspecified atom stereocenters. The first kappa shape index (κ1) is 26.7. The summed E-state index contributed by atoms with van der Waals surface area (Å²) >= 11 is 0. The quantitative estimate of drug-likeness (QED) is 0.374. The smallest absolute Gasteiger partial charge is 0.464 e. The van der Waals surface area contributed by atoms with Crippen LogP contribution in [-0.4, -0.2) is 25.2 Å². The number of hydrogen-bond donors (Lipinski definition) is 0. The molecule has 0 radical (unpaired) electrons. The van der Waals surface area contributed by atoms with Crippen molar-refractivity contribution in [2.24, 2.45) is 0 Å². The van der Waals surface area contributed by atoms with E-state index in [0.717, 1.165) is 0 Å². The highest BCUT2D eigenvalue weighted by molar-refractivity contribution is 5.78. The van der Waals surface area contributed by atoms with Crippen molar-refractivity contribution < 1.29 is 71.0 Å². The third kappa shape index (κ3) is 6.62. The Balaban J connectivity index is 0.000000614. The van der Waals surface area contributed by atoms with Gasteiger partial charge in [0.2, 0.25) is 0 Å². The van der Waals surface area contributed by atoms with Crippen molar-refractivity contribution >= 4 is 5.97 Å². The number of halogens is 14. The van der Waals surface area contributed by atoms with Crippen molar-refractivity contribution in [2.75, 3.05) is 7.11 Å². The van der Waals surface area contributed by atoms with Gasteiger partial charge in [0.25, 0.3) is 0 Å². The highest BCUT2D eigenvalue weighted by Crippen LogP contribution is 2.46. The van der Waals surface area contributed by atoms with Gasteiger partial charge >= 0.3 is 36.6 Å². The van der Waals surface area contributed by atoms with E-state index in [9.17, 15) is 66.3 Å². The molecule has 0 fully saturated rings. The van der Waals surface area contributed by atoms with Crippen LogP contribution in [0.2, 0.25) is 0 Å². The van der Waals surface area contributed by atoms with Crippen LogP contribution in [0.4, 0.5) is 61.5 Å². The third-order valence-corrected chi connectivity index (χ3v) is 2.76. The van der Waals surface area contributed by atoms with Crippen molar-refractivity contribution in [3.8, 4) is 0 Å². The van der Waals surface area contributed by atoms with E-state index < -0.39 is 53.3 Å². The molecule has 0 N–H and O–H groups in total. The number of hydrogen-bond acceptors (Lipinski definition) is 2. The summed E-state index contributed by atoms with van der Waals surface area (Å²) in [5, 5.41) is 0. The summed E-state index contributed by atoms with van der Waals surface area (Å²) in [5.74, 6) is -8.02. The largest absolute Gasteiger partial charge is 0.465 e. The Morgan fingerprint density at radius 3 is 1.21 bits per heavy atom. The minimum atomic E-state index is -5.89. The lowest BCUT2D eigenvalue weighted by Crippen LogP contribution is -2.44. The van der Waals surface area contributed by atoms with Crippen LogP contribution in [0.5, 0.6) is 0 Å². The molecule has 0 aliphatic carbocycles. The summed E-state index contributed by atoms with van der Waals surface area (Å²) in [6.45, 7) is 0. The van der Waals surface area contributed by atoms with Gasteiger partial charge in [-0.2, -0.15) is 61.5 Å². The van der Waals surface area contributed by atoms with E-state index in [4.69, 9.17) is 0 Å². The number of benzene rings is 1. The zero-order valence-corrected chi connectivity index (χ0v) is 13.3. The molecule has 0 spiro atoms. The first-order valence-corrected chi connectivity index (χ1v) is 6.46. The fraction of sp³-hybridized carbons (Fsp3) is 0.462. The number of esters is 1. The summed E-state index contributed by atoms with van der Waals surface area (Å²) in [6, 6.07) is 0.191. The number of methoxy groups -OCH3 is 1. The molecule has 0 amide bonds. The predicted octanol–water partition coefficient (Wildman–Crippen LogP) is 6.10. The van der Waals surface area contributed by atoms with Crippen molar-refractivity contribution in [1.29, 1.82) is 0 Å². The normalized spacial score (nSPS) is 13.5. The van der Waals surface area contributed by atoms with Gasteiger partial charge in [-0.1, -0.05) is 6.07 Å². The van der Waals surface area contributed by atoms with Crippen molar-refractivity contribution in [1.82, 2.24) is 0 Å². The maximum atomic E-state index is 12.4. The second kappa shape index (κ2) is 8.22. The molecule has 168 valence electrons. The monoisotopic (exact) mass is 460 g/mol. The van der Waals surface area contributed by atoms with Crippen LogP contribution >= 0.6 is 0 Å². The van der Waals surface area contributed by atoms with Gasteiger partial charge in [-0.05, 0) is 12.1 Å². The van der Waals surface area contributed by atoms with Crippen LogP contribution in [0, 0.1) is 0 Å². The predicted molar refractivity (Wildman–Crippen MR) is 64.5 cm³/mol. The maximum absolute atomic E-state index is 12.4. The standard InChI is InChI=1S/C9H3F9.C4H3F5O2/c10-7(11,12)4-2-1-3-5(8(13,14)15)6(4)9(16,17)18;1-11-2(10)3(5,6)4(7,8)9/h1-3H;1H3. The third-order valence-electron chi connectivity index (χ3n) is 2.76. The molecule has 0 bridgehead atoms. The SMILES string of the molecule is COC(=O)C(F)(F)C(F)(F)F.FC(F)(F)c1cccc(C(F)(F)F)c1C(F)(F)F. The lowest BCUT2D eigenvalue weighted by molar-refractivity contribution is -0.279. The molecule has 2 nitrogen and oxygen atoms in total. The number of rotatable bonds is 1. The average Bonchev–Trinajstić information content (AvgIpc) is 2.50. The fourth-order valence-electron chi connectivity index (χ4n) is 1.57. The average molecular weight is 460 g/mol. The number of carbonyl (C=O) groups is 1. The van der Waals surface area contributed by atoms with Gasteiger partial charge in [-0.25, -0.2) is 4.79 Å². The van der Waals surface area contributed by atoms with E-state index >= 15 is 0 Å². The van der Waals surface area contributed by atoms with Crippen LogP contribution in [0.3, 0.4) is 0 Å². The Morgan fingerprint density at radius 1 is 0.690 bits per heavy atom. The van der Waals surface area contributed by atoms with Gasteiger partial charge in [0.15, 0.2) is 0 Å². The Labute approximate surface area is 151 Å². The summed E-state index contributed by atoms with van der Waals surface area (Å²) in [4.78, 5) is 9.79. The van der Waals surface area contributed by atoms with E-state index in [0.29, 0.717) is 7.11 Å². The number of alkyl halides is 14. The van der Waals surface area contributed by atoms with Crippen LogP contribution in [-0.2, 0) is 28.1 Å². The molecule has 0 atom stereocenters. The van der Waals surface area contributed by atoms with Gasteiger partial charge in [-0.15, -0.1) is 0 Å². The molecule has 0 heterocycles. The molecule has 16 heteroatoms. The van der Waals surface area contributed by atoms with E-state index in [1.165, 1.54) is 0 Å². The van der Waals surface area contributed by atoms with Gasteiger partial charge in [0.05, 0.1) is 23.8 Å². The van der Waals surface area contributed by atoms with Gasteiger partial charge in [0.1, 0.15) is 0 Å². The number of carbonyl (C=O) groups excluding carboxylic acids is 1. The van der Waals surface area contributed by atoms with Crippen LogP contribution in [0.15, 0.2) is 18.2 Å². The molecular weight excluding hydrogens is 454 g/mol. The summed E-state index contributed by atoms with van der Waals surface area (Å²) in [7, 11) is 0.446. The highest BCUT2D eigenvalue weighted by Gasteiger charge is 2.64. The minimum absolute atomic E-state index is 0.0436. The molecule has 29 heavy (non-hydrogen) atoms. The lowest BCUT2D eigenvalue weighted by atomic mass is 9.99. The van der Waals surface area contributed by atoms with Gasteiger partial charge in [0, 0.05) is 0 Å². The molecule has 0 aromatic heterocycles. The van der Waals surface area contributed by atoms with E-state index in [1.54, 1.807) is 0 Å². The topological polar surface area (TPSA) is 26.3 Å². The molecule has 1 rings (SSSR count). The Bertz CT molecular complexity index is 676. The van der Waals surface area contributed by atoms with Crippen molar-refractivity contribution in [3.05, 3.63) is 34.9 Å². The molecular formula is C13H6F14O2. The number of ether oxygens (including phenoxy) is 1. The Kier molecular flexibility index (Phi) is 7.57. The maximum Gasteiger partial charge on any atom is 0.465 e. The van der Waals surface area contributed by atoms with E-state index in [-0.39, 0.29) is 18.2 Å². The fourth-order valence-corrected chi connectivity index (χ4v) is 1.57. The van der Waals surface area contributed by atoms with Crippen molar-refractivity contribution in [2.45, 2.75) is 30.6 Å². The summed E-state index contributed by atoms with van der Waals surface area (Å²) in [6.07, 6.45) is -22.7. The first-order chi connectivity index (χ1) is 12.6. The molecule has 0 aliphatic heterocycles. The van der Waals surface area contributed by atoms with Gasteiger partial charge in [-0.3, -0.25) is 0 Å². The second-order valence-electron chi connectivity index (χ2n) is 4.79. The van der Waals surface area contributed by atoms with Crippen molar-refractivity contribution in [3.63, 3.8) is 0 Å². The van der Waals surface area contributed by atoms with E-state index in [1.807, 2.05) is 0 Å². The Morgan fingerprint density at radius 2 is 1.03 bits per heavy atom. The van der Waals surface area contributed by atoms with E-state index in [2.05, 4.69) is 4.74 Å². The molecule has 0 aliphatic rings. The summed E-state index contributed by atoms with van der Waals surface area (Å²) < 4.78 is 171. The summed E-state index contributed by atoms with van der Waals surface area (Å²) in [5.41, 5.74) is -7.43. The van der Waals surface area contributed by atoms with Gasteiger partial charge < -0.3 is 4.74 Å². The zero-order valence-electron chi connectivity index (χ0n) is 13.3.